The highest BCUT2D eigenvalue weighted by Gasteiger charge is 2.25. The lowest BCUT2D eigenvalue weighted by Gasteiger charge is -2.25. The van der Waals surface area contributed by atoms with Gasteiger partial charge in [0, 0.05) is 13.1 Å². The first-order valence-electron chi connectivity index (χ1n) is 7.47. The van der Waals surface area contributed by atoms with Crippen LogP contribution in [0.2, 0.25) is 0 Å². The van der Waals surface area contributed by atoms with Gasteiger partial charge in [0.1, 0.15) is 5.75 Å². The molecule has 1 aliphatic heterocycles. The van der Waals surface area contributed by atoms with Crippen molar-refractivity contribution in [3.8, 4) is 18.1 Å². The van der Waals surface area contributed by atoms with Gasteiger partial charge in [-0.3, -0.25) is 4.79 Å². The van der Waals surface area contributed by atoms with E-state index < -0.39 is 10.0 Å². The van der Waals surface area contributed by atoms with E-state index in [4.69, 9.17) is 11.2 Å². The zero-order valence-corrected chi connectivity index (χ0v) is 13.6. The summed E-state index contributed by atoms with van der Waals surface area (Å²) in [6.45, 7) is 1.11. The normalized spacial score (nSPS) is 15.6. The fourth-order valence-electron chi connectivity index (χ4n) is 2.31. The van der Waals surface area contributed by atoms with E-state index in [0.717, 1.165) is 19.3 Å². The molecule has 0 aromatic heterocycles. The first kappa shape index (κ1) is 17.3. The molecule has 0 aliphatic carbocycles. The van der Waals surface area contributed by atoms with Gasteiger partial charge < -0.3 is 10.1 Å². The van der Waals surface area contributed by atoms with Crippen LogP contribution in [0.3, 0.4) is 0 Å². The van der Waals surface area contributed by atoms with Gasteiger partial charge in [-0.1, -0.05) is 12.3 Å². The lowest BCUT2D eigenvalue weighted by molar-refractivity contribution is -0.122. The Morgan fingerprint density at radius 3 is 2.48 bits per heavy atom. The second kappa shape index (κ2) is 7.99. The van der Waals surface area contributed by atoms with Crippen molar-refractivity contribution in [1.82, 2.24) is 9.62 Å². The molecule has 0 spiro atoms. The molecule has 0 unspecified atom stereocenters. The van der Waals surface area contributed by atoms with E-state index in [2.05, 4.69) is 11.2 Å². The maximum atomic E-state index is 12.5. The summed E-state index contributed by atoms with van der Waals surface area (Å²) in [5, 5.41) is 2.48. The highest BCUT2D eigenvalue weighted by atomic mass is 32.2. The number of benzene rings is 1. The van der Waals surface area contributed by atoms with Crippen LogP contribution >= 0.6 is 0 Å². The van der Waals surface area contributed by atoms with Crippen LogP contribution in [0.5, 0.6) is 5.75 Å². The summed E-state index contributed by atoms with van der Waals surface area (Å²) in [7, 11) is -3.45. The Hall–Kier alpha value is -2.04. The SMILES string of the molecule is C#CCNC(=O)COc1ccc(S(=O)(=O)N2CCCCC2)cc1. The number of terminal acetylenes is 1. The molecule has 1 saturated heterocycles. The van der Waals surface area contributed by atoms with Crippen molar-refractivity contribution in [2.45, 2.75) is 24.2 Å². The molecule has 0 radical (unpaired) electrons. The molecule has 1 aromatic rings. The Bertz CT molecular complexity index is 671. The number of hydrogen-bond acceptors (Lipinski definition) is 4. The largest absolute Gasteiger partial charge is 0.484 e. The number of nitrogens with zero attached hydrogens (tertiary/aromatic N) is 1. The number of sulfonamides is 1. The Morgan fingerprint density at radius 1 is 1.22 bits per heavy atom. The van der Waals surface area contributed by atoms with Gasteiger partial charge in [-0.15, -0.1) is 6.42 Å². The fraction of sp³-hybridized carbons (Fsp3) is 0.438. The summed E-state index contributed by atoms with van der Waals surface area (Å²) in [6, 6.07) is 6.09. The quantitative estimate of drug-likeness (QED) is 0.786. The van der Waals surface area contributed by atoms with Crippen LogP contribution in [-0.4, -0.2) is 44.9 Å². The van der Waals surface area contributed by atoms with Crippen LogP contribution in [0.4, 0.5) is 0 Å². The highest BCUT2D eigenvalue weighted by Crippen LogP contribution is 2.22. The molecule has 1 N–H and O–H groups in total. The first-order valence-corrected chi connectivity index (χ1v) is 8.91. The molecule has 0 atom stereocenters. The smallest absolute Gasteiger partial charge is 0.258 e. The summed E-state index contributed by atoms with van der Waals surface area (Å²) in [6.07, 6.45) is 7.90. The van der Waals surface area contributed by atoms with Gasteiger partial charge in [0.25, 0.3) is 5.91 Å². The lowest BCUT2D eigenvalue weighted by atomic mass is 10.2. The number of rotatable bonds is 6. The third kappa shape index (κ3) is 4.71. The van der Waals surface area contributed by atoms with E-state index in [9.17, 15) is 13.2 Å². The van der Waals surface area contributed by atoms with Gasteiger partial charge >= 0.3 is 0 Å². The summed E-state index contributed by atoms with van der Waals surface area (Å²) in [4.78, 5) is 11.6. The minimum Gasteiger partial charge on any atom is -0.484 e. The van der Waals surface area contributed by atoms with E-state index in [1.807, 2.05) is 0 Å². The second-order valence-electron chi connectivity index (χ2n) is 5.21. The predicted octanol–water partition coefficient (Wildman–Crippen LogP) is 0.989. The van der Waals surface area contributed by atoms with Crippen LogP contribution in [0, 0.1) is 12.3 Å². The van der Waals surface area contributed by atoms with E-state index in [1.165, 1.54) is 16.4 Å². The lowest BCUT2D eigenvalue weighted by Crippen LogP contribution is -2.35. The van der Waals surface area contributed by atoms with Crippen molar-refractivity contribution in [2.24, 2.45) is 0 Å². The fourth-order valence-corrected chi connectivity index (χ4v) is 3.83. The van der Waals surface area contributed by atoms with Crippen molar-refractivity contribution >= 4 is 15.9 Å². The van der Waals surface area contributed by atoms with Crippen molar-refractivity contribution < 1.29 is 17.9 Å². The minimum atomic E-state index is -3.45. The summed E-state index contributed by atoms with van der Waals surface area (Å²) >= 11 is 0. The Morgan fingerprint density at radius 2 is 1.87 bits per heavy atom. The van der Waals surface area contributed by atoms with Gasteiger partial charge in [-0.25, -0.2) is 8.42 Å². The summed E-state index contributed by atoms with van der Waals surface area (Å²) in [5.41, 5.74) is 0. The molecule has 7 heteroatoms. The first-order chi connectivity index (χ1) is 11.0. The maximum absolute atomic E-state index is 12.5. The van der Waals surface area contributed by atoms with Crippen LogP contribution < -0.4 is 10.1 Å². The molecule has 1 aromatic carbocycles. The number of carbonyl (C=O) groups excluding carboxylic acids is 1. The highest BCUT2D eigenvalue weighted by molar-refractivity contribution is 7.89. The van der Waals surface area contributed by atoms with E-state index in [1.54, 1.807) is 12.1 Å². The number of hydrogen-bond donors (Lipinski definition) is 1. The Labute approximate surface area is 136 Å². The van der Waals surface area contributed by atoms with Gasteiger partial charge in [-0.2, -0.15) is 4.31 Å². The molecule has 1 heterocycles. The standard InChI is InChI=1S/C16H20N2O4S/c1-2-10-17-16(19)13-22-14-6-8-15(9-7-14)23(20,21)18-11-4-3-5-12-18/h1,6-9H,3-5,10-13H2,(H,17,19). The molecule has 2 rings (SSSR count). The van der Waals surface area contributed by atoms with Gasteiger partial charge in [0.15, 0.2) is 6.61 Å². The maximum Gasteiger partial charge on any atom is 0.258 e. The van der Waals surface area contributed by atoms with E-state index in [-0.39, 0.29) is 24.0 Å². The molecule has 6 nitrogen and oxygen atoms in total. The number of piperidine rings is 1. The van der Waals surface area contributed by atoms with Gasteiger partial charge in [-0.05, 0) is 37.1 Å². The Balaban J connectivity index is 1.96. The number of carbonyl (C=O) groups is 1. The van der Waals surface area contributed by atoms with Crippen molar-refractivity contribution in [3.05, 3.63) is 24.3 Å². The molecule has 1 amide bonds. The van der Waals surface area contributed by atoms with E-state index in [0.29, 0.717) is 18.8 Å². The Kier molecular flexibility index (Phi) is 6.02. The second-order valence-corrected chi connectivity index (χ2v) is 7.14. The van der Waals surface area contributed by atoms with Crippen LogP contribution in [-0.2, 0) is 14.8 Å². The monoisotopic (exact) mass is 336 g/mol. The average Bonchev–Trinajstić information content (AvgIpc) is 2.59. The summed E-state index contributed by atoms with van der Waals surface area (Å²) < 4.78 is 31.8. The third-order valence-corrected chi connectivity index (χ3v) is 5.45. The molecular weight excluding hydrogens is 316 g/mol. The average molecular weight is 336 g/mol. The molecule has 0 bridgehead atoms. The van der Waals surface area contributed by atoms with Crippen LogP contribution in [0.1, 0.15) is 19.3 Å². The number of ether oxygens (including phenoxy) is 1. The van der Waals surface area contributed by atoms with Gasteiger partial charge in [0.05, 0.1) is 11.4 Å². The summed E-state index contributed by atoms with van der Waals surface area (Å²) in [5.74, 6) is 2.40. The van der Waals surface area contributed by atoms with Gasteiger partial charge in [0.2, 0.25) is 10.0 Å². The molecule has 0 saturated carbocycles. The zero-order valence-electron chi connectivity index (χ0n) is 12.8. The van der Waals surface area contributed by atoms with Crippen molar-refractivity contribution in [2.75, 3.05) is 26.2 Å². The van der Waals surface area contributed by atoms with E-state index >= 15 is 0 Å². The zero-order chi connectivity index (χ0) is 16.7. The number of nitrogens with one attached hydrogen (secondary N) is 1. The predicted molar refractivity (Wildman–Crippen MR) is 86.4 cm³/mol. The van der Waals surface area contributed by atoms with Crippen LogP contribution in [0.15, 0.2) is 29.2 Å². The number of amides is 1. The van der Waals surface area contributed by atoms with Crippen LogP contribution in [0.25, 0.3) is 0 Å². The molecule has 1 aliphatic rings. The molecular formula is C16H20N2O4S. The van der Waals surface area contributed by atoms with Crippen molar-refractivity contribution in [1.29, 1.82) is 0 Å². The third-order valence-electron chi connectivity index (χ3n) is 3.53. The topological polar surface area (TPSA) is 75.7 Å². The molecule has 124 valence electrons. The molecule has 1 fully saturated rings. The molecule has 23 heavy (non-hydrogen) atoms. The van der Waals surface area contributed by atoms with Crippen molar-refractivity contribution in [3.63, 3.8) is 0 Å². The minimum absolute atomic E-state index is 0.148.